The van der Waals surface area contributed by atoms with E-state index in [4.69, 9.17) is 9.26 Å². The SMILES string of the molecule is Cc1noc([C@H]2CN(c3nccnc3OC(C)C)CCN2C)n1. The van der Waals surface area contributed by atoms with Gasteiger partial charge in [-0.3, -0.25) is 4.90 Å². The molecular formula is C15H22N6O2. The second kappa shape index (κ2) is 6.49. The van der Waals surface area contributed by atoms with Gasteiger partial charge in [0, 0.05) is 32.0 Å². The summed E-state index contributed by atoms with van der Waals surface area (Å²) in [6.07, 6.45) is 3.38. The first-order valence-corrected chi connectivity index (χ1v) is 7.77. The van der Waals surface area contributed by atoms with Crippen molar-refractivity contribution in [2.45, 2.75) is 32.9 Å². The zero-order chi connectivity index (χ0) is 16.4. The average Bonchev–Trinajstić information content (AvgIpc) is 2.94. The van der Waals surface area contributed by atoms with Gasteiger partial charge in [0.2, 0.25) is 5.89 Å². The molecule has 0 aromatic carbocycles. The molecule has 0 spiro atoms. The number of hydrogen-bond acceptors (Lipinski definition) is 8. The summed E-state index contributed by atoms with van der Waals surface area (Å²) in [7, 11) is 2.06. The zero-order valence-electron chi connectivity index (χ0n) is 13.9. The number of aromatic nitrogens is 4. The van der Waals surface area contributed by atoms with Crippen LogP contribution in [0.3, 0.4) is 0 Å². The molecule has 1 aliphatic heterocycles. The summed E-state index contributed by atoms with van der Waals surface area (Å²) in [6.45, 7) is 8.19. The number of anilines is 1. The van der Waals surface area contributed by atoms with Gasteiger partial charge in [-0.2, -0.15) is 4.98 Å². The van der Waals surface area contributed by atoms with Crippen LogP contribution in [0.15, 0.2) is 16.9 Å². The highest BCUT2D eigenvalue weighted by Gasteiger charge is 2.32. The highest BCUT2D eigenvalue weighted by atomic mass is 16.5. The maximum absolute atomic E-state index is 5.79. The average molecular weight is 318 g/mol. The molecule has 0 N–H and O–H groups in total. The predicted octanol–water partition coefficient (Wildman–Crippen LogP) is 1.45. The normalized spacial score (nSPS) is 19.3. The number of hydrogen-bond donors (Lipinski definition) is 0. The quantitative estimate of drug-likeness (QED) is 0.838. The Morgan fingerprint density at radius 3 is 2.74 bits per heavy atom. The molecule has 0 unspecified atom stereocenters. The van der Waals surface area contributed by atoms with Gasteiger partial charge in [0.15, 0.2) is 11.6 Å². The fourth-order valence-electron chi connectivity index (χ4n) is 2.62. The molecule has 1 atom stereocenters. The van der Waals surface area contributed by atoms with Crippen LogP contribution in [0.25, 0.3) is 0 Å². The smallest absolute Gasteiger partial charge is 0.257 e. The predicted molar refractivity (Wildman–Crippen MR) is 84.4 cm³/mol. The third-order valence-electron chi connectivity index (χ3n) is 3.77. The summed E-state index contributed by atoms with van der Waals surface area (Å²) in [4.78, 5) is 17.5. The van der Waals surface area contributed by atoms with Crippen molar-refractivity contribution in [1.29, 1.82) is 0 Å². The molecule has 124 valence electrons. The van der Waals surface area contributed by atoms with Crippen molar-refractivity contribution >= 4 is 5.82 Å². The molecule has 1 aliphatic rings. The number of rotatable bonds is 4. The second-order valence-electron chi connectivity index (χ2n) is 5.97. The number of ether oxygens (including phenoxy) is 1. The molecule has 0 radical (unpaired) electrons. The number of aryl methyl sites for hydroxylation is 1. The van der Waals surface area contributed by atoms with Crippen LogP contribution in [0, 0.1) is 6.92 Å². The first-order chi connectivity index (χ1) is 11.0. The summed E-state index contributed by atoms with van der Waals surface area (Å²) in [5, 5.41) is 3.90. The molecule has 2 aromatic rings. The van der Waals surface area contributed by atoms with Crippen molar-refractivity contribution in [3.63, 3.8) is 0 Å². The van der Waals surface area contributed by atoms with Crippen LogP contribution in [0.1, 0.15) is 31.6 Å². The third-order valence-corrected chi connectivity index (χ3v) is 3.77. The van der Waals surface area contributed by atoms with E-state index in [1.54, 1.807) is 12.4 Å². The van der Waals surface area contributed by atoms with Crippen LogP contribution in [0.2, 0.25) is 0 Å². The van der Waals surface area contributed by atoms with E-state index < -0.39 is 0 Å². The van der Waals surface area contributed by atoms with Crippen LogP contribution in [0.4, 0.5) is 5.82 Å². The van der Waals surface area contributed by atoms with E-state index in [0.29, 0.717) is 24.1 Å². The monoisotopic (exact) mass is 318 g/mol. The maximum Gasteiger partial charge on any atom is 0.257 e. The van der Waals surface area contributed by atoms with Crippen LogP contribution >= 0.6 is 0 Å². The standard InChI is InChI=1S/C15H22N6O2/c1-10(2)22-15-13(16-5-6-17-15)21-8-7-20(4)12(9-21)14-18-11(3)19-23-14/h5-6,10,12H,7-9H2,1-4H3/t12-/m1/s1. The molecule has 8 nitrogen and oxygen atoms in total. The summed E-state index contributed by atoms with van der Waals surface area (Å²) in [5.74, 6) is 2.60. The fraction of sp³-hybridized carbons (Fsp3) is 0.600. The van der Waals surface area contributed by atoms with Gasteiger partial charge in [-0.05, 0) is 27.8 Å². The van der Waals surface area contributed by atoms with Crippen molar-refractivity contribution < 1.29 is 9.26 Å². The van der Waals surface area contributed by atoms with E-state index in [1.165, 1.54) is 0 Å². The Hall–Kier alpha value is -2.22. The summed E-state index contributed by atoms with van der Waals surface area (Å²) < 4.78 is 11.1. The van der Waals surface area contributed by atoms with Crippen molar-refractivity contribution in [2.24, 2.45) is 0 Å². The van der Waals surface area contributed by atoms with E-state index in [-0.39, 0.29) is 12.1 Å². The fourth-order valence-corrected chi connectivity index (χ4v) is 2.62. The molecule has 1 fully saturated rings. The van der Waals surface area contributed by atoms with Crippen molar-refractivity contribution in [3.05, 3.63) is 24.1 Å². The largest absolute Gasteiger partial charge is 0.472 e. The molecule has 8 heteroatoms. The summed E-state index contributed by atoms with van der Waals surface area (Å²) in [5.41, 5.74) is 0. The van der Waals surface area contributed by atoms with Crippen LogP contribution in [-0.2, 0) is 0 Å². The van der Waals surface area contributed by atoms with E-state index in [2.05, 4.69) is 37.0 Å². The molecule has 1 saturated heterocycles. The Morgan fingerprint density at radius 2 is 2.04 bits per heavy atom. The van der Waals surface area contributed by atoms with Gasteiger partial charge in [0.05, 0.1) is 6.10 Å². The Bertz CT molecular complexity index is 659. The minimum absolute atomic E-state index is 0.0267. The molecule has 3 rings (SSSR count). The minimum atomic E-state index is 0.0267. The van der Waals surface area contributed by atoms with E-state index in [0.717, 1.165) is 18.9 Å². The van der Waals surface area contributed by atoms with Crippen molar-refractivity contribution in [2.75, 3.05) is 31.6 Å². The van der Waals surface area contributed by atoms with Gasteiger partial charge in [-0.25, -0.2) is 9.97 Å². The van der Waals surface area contributed by atoms with Gasteiger partial charge >= 0.3 is 0 Å². The molecule has 23 heavy (non-hydrogen) atoms. The van der Waals surface area contributed by atoms with Gasteiger partial charge in [0.1, 0.15) is 6.04 Å². The lowest BCUT2D eigenvalue weighted by molar-refractivity contribution is 0.175. The topological polar surface area (TPSA) is 80.4 Å². The third kappa shape index (κ3) is 3.42. The van der Waals surface area contributed by atoms with Crippen molar-refractivity contribution in [1.82, 2.24) is 25.0 Å². The lowest BCUT2D eigenvalue weighted by Gasteiger charge is -2.38. The second-order valence-corrected chi connectivity index (χ2v) is 5.97. The molecule has 2 aromatic heterocycles. The zero-order valence-corrected chi connectivity index (χ0v) is 13.9. The van der Waals surface area contributed by atoms with Crippen LogP contribution < -0.4 is 9.64 Å². The minimum Gasteiger partial charge on any atom is -0.472 e. The molecule has 0 amide bonds. The number of likely N-dealkylation sites (N-methyl/N-ethyl adjacent to an activating group) is 1. The lowest BCUT2D eigenvalue weighted by Crippen LogP contribution is -2.47. The molecule has 3 heterocycles. The summed E-state index contributed by atoms with van der Waals surface area (Å²) >= 11 is 0. The highest BCUT2D eigenvalue weighted by Crippen LogP contribution is 2.30. The first-order valence-electron chi connectivity index (χ1n) is 7.77. The Labute approximate surface area is 135 Å². The van der Waals surface area contributed by atoms with E-state index in [1.807, 2.05) is 20.8 Å². The molecular weight excluding hydrogens is 296 g/mol. The number of nitrogens with zero attached hydrogens (tertiary/aromatic N) is 6. The Balaban J connectivity index is 1.84. The van der Waals surface area contributed by atoms with E-state index >= 15 is 0 Å². The van der Waals surface area contributed by atoms with Gasteiger partial charge in [-0.15, -0.1) is 0 Å². The van der Waals surface area contributed by atoms with Gasteiger partial charge in [-0.1, -0.05) is 5.16 Å². The molecule has 0 saturated carbocycles. The molecule has 0 bridgehead atoms. The van der Waals surface area contributed by atoms with Gasteiger partial charge in [0.25, 0.3) is 5.88 Å². The van der Waals surface area contributed by atoms with Gasteiger partial charge < -0.3 is 14.2 Å². The first kappa shape index (κ1) is 15.7. The Morgan fingerprint density at radius 1 is 1.26 bits per heavy atom. The Kier molecular flexibility index (Phi) is 4.42. The highest BCUT2D eigenvalue weighted by molar-refractivity contribution is 5.48. The maximum atomic E-state index is 5.79. The summed E-state index contributed by atoms with van der Waals surface area (Å²) in [6, 6.07) is 0.0267. The number of piperazine rings is 1. The van der Waals surface area contributed by atoms with Crippen LogP contribution in [0.5, 0.6) is 5.88 Å². The molecule has 0 aliphatic carbocycles. The van der Waals surface area contributed by atoms with Crippen LogP contribution in [-0.4, -0.2) is 57.8 Å². The van der Waals surface area contributed by atoms with E-state index in [9.17, 15) is 0 Å². The lowest BCUT2D eigenvalue weighted by atomic mass is 10.2. The van der Waals surface area contributed by atoms with Crippen molar-refractivity contribution in [3.8, 4) is 5.88 Å².